The number of rotatable bonds is 2. The number of piperidine rings is 1. The molecule has 0 bridgehead atoms. The first-order valence-electron chi connectivity index (χ1n) is 7.89. The topological polar surface area (TPSA) is 58.0 Å². The van der Waals surface area contributed by atoms with Gasteiger partial charge in [0.05, 0.1) is 0 Å². The van der Waals surface area contributed by atoms with Crippen LogP contribution in [0, 0.1) is 5.41 Å². The Bertz CT molecular complexity index is 619. The number of aromatic nitrogens is 4. The summed E-state index contributed by atoms with van der Waals surface area (Å²) in [4.78, 5) is 22.3. The maximum absolute atomic E-state index is 4.41. The average Bonchev–Trinajstić information content (AvgIpc) is 3.00. The van der Waals surface area contributed by atoms with E-state index >= 15 is 0 Å². The minimum atomic E-state index is 0.316. The fourth-order valence-corrected chi connectivity index (χ4v) is 3.73. The Balaban J connectivity index is 1.50. The van der Waals surface area contributed by atoms with Gasteiger partial charge in [-0.2, -0.15) is 0 Å². The van der Waals surface area contributed by atoms with Gasteiger partial charge in [0.25, 0.3) is 0 Å². The summed E-state index contributed by atoms with van der Waals surface area (Å²) < 4.78 is 0. The molecule has 114 valence electrons. The van der Waals surface area contributed by atoms with Gasteiger partial charge in [-0.3, -0.25) is 0 Å². The SMILES string of the molecule is c1cnc(N2CCC[C@@]3(CCN(c4ncccn4)C3)C2)nc1. The highest BCUT2D eigenvalue weighted by Crippen LogP contribution is 2.40. The van der Waals surface area contributed by atoms with E-state index in [2.05, 4.69) is 29.7 Å². The molecule has 1 spiro atoms. The van der Waals surface area contributed by atoms with Gasteiger partial charge < -0.3 is 9.80 Å². The first-order valence-corrected chi connectivity index (χ1v) is 7.89. The van der Waals surface area contributed by atoms with Crippen molar-refractivity contribution >= 4 is 11.9 Å². The lowest BCUT2D eigenvalue weighted by Gasteiger charge is -2.40. The molecule has 2 aliphatic rings. The average molecular weight is 296 g/mol. The van der Waals surface area contributed by atoms with E-state index in [0.29, 0.717) is 5.41 Å². The van der Waals surface area contributed by atoms with E-state index in [0.717, 1.165) is 38.1 Å². The monoisotopic (exact) mass is 296 g/mol. The van der Waals surface area contributed by atoms with E-state index in [9.17, 15) is 0 Å². The summed E-state index contributed by atoms with van der Waals surface area (Å²) in [6, 6.07) is 3.73. The van der Waals surface area contributed by atoms with Crippen molar-refractivity contribution in [3.05, 3.63) is 36.9 Å². The van der Waals surface area contributed by atoms with Crippen LogP contribution in [0.2, 0.25) is 0 Å². The zero-order valence-corrected chi connectivity index (χ0v) is 12.6. The van der Waals surface area contributed by atoms with Gasteiger partial charge >= 0.3 is 0 Å². The van der Waals surface area contributed by atoms with Crippen molar-refractivity contribution < 1.29 is 0 Å². The molecule has 22 heavy (non-hydrogen) atoms. The number of anilines is 2. The molecule has 0 N–H and O–H groups in total. The molecule has 0 saturated carbocycles. The molecule has 6 nitrogen and oxygen atoms in total. The standard InChI is InChI=1S/C16H20N6/c1-4-16(12-21(10-1)14-17-6-2-7-18-14)5-11-22(13-16)15-19-8-3-9-20-15/h2-3,6-9H,1,4-5,10-13H2/t16-/m1/s1. The van der Waals surface area contributed by atoms with E-state index in [1.54, 1.807) is 0 Å². The summed E-state index contributed by atoms with van der Waals surface area (Å²) in [5, 5.41) is 0. The number of hydrogen-bond donors (Lipinski definition) is 0. The van der Waals surface area contributed by atoms with Crippen molar-refractivity contribution in [2.75, 3.05) is 36.0 Å². The van der Waals surface area contributed by atoms with Crippen molar-refractivity contribution in [1.82, 2.24) is 19.9 Å². The van der Waals surface area contributed by atoms with Crippen LogP contribution in [0.25, 0.3) is 0 Å². The molecule has 2 aromatic heterocycles. The largest absolute Gasteiger partial charge is 0.340 e. The highest BCUT2D eigenvalue weighted by molar-refractivity contribution is 5.35. The molecule has 4 heterocycles. The molecular formula is C16H20N6. The summed E-state index contributed by atoms with van der Waals surface area (Å²) in [6.45, 7) is 4.14. The highest BCUT2D eigenvalue weighted by atomic mass is 15.3. The molecule has 6 heteroatoms. The van der Waals surface area contributed by atoms with Gasteiger partial charge in [0.15, 0.2) is 0 Å². The van der Waals surface area contributed by atoms with Crippen molar-refractivity contribution in [2.45, 2.75) is 19.3 Å². The van der Waals surface area contributed by atoms with Gasteiger partial charge in [-0.15, -0.1) is 0 Å². The molecular weight excluding hydrogens is 276 g/mol. The van der Waals surface area contributed by atoms with E-state index in [4.69, 9.17) is 0 Å². The molecule has 2 aliphatic heterocycles. The van der Waals surface area contributed by atoms with Crippen molar-refractivity contribution in [2.24, 2.45) is 5.41 Å². The minimum Gasteiger partial charge on any atom is -0.340 e. The lowest BCUT2D eigenvalue weighted by Crippen LogP contribution is -2.45. The van der Waals surface area contributed by atoms with Crippen molar-refractivity contribution in [3.63, 3.8) is 0 Å². The Morgan fingerprint density at radius 1 is 0.727 bits per heavy atom. The molecule has 0 amide bonds. The number of hydrogen-bond acceptors (Lipinski definition) is 6. The second-order valence-electron chi connectivity index (χ2n) is 6.29. The lowest BCUT2D eigenvalue weighted by molar-refractivity contribution is 0.262. The maximum Gasteiger partial charge on any atom is 0.225 e. The quantitative estimate of drug-likeness (QED) is 0.842. The normalized spacial score (nSPS) is 24.9. The van der Waals surface area contributed by atoms with Gasteiger partial charge in [-0.25, -0.2) is 19.9 Å². The molecule has 4 rings (SSSR count). The second-order valence-corrected chi connectivity index (χ2v) is 6.29. The van der Waals surface area contributed by atoms with Crippen LogP contribution in [-0.2, 0) is 0 Å². The minimum absolute atomic E-state index is 0.316. The first-order chi connectivity index (χ1) is 10.8. The van der Waals surface area contributed by atoms with Gasteiger partial charge in [-0.1, -0.05) is 0 Å². The Hall–Kier alpha value is -2.24. The third-order valence-corrected chi connectivity index (χ3v) is 4.77. The maximum atomic E-state index is 4.41. The predicted molar refractivity (Wildman–Crippen MR) is 84.8 cm³/mol. The lowest BCUT2D eigenvalue weighted by atomic mass is 9.79. The van der Waals surface area contributed by atoms with Crippen LogP contribution in [0.1, 0.15) is 19.3 Å². The first kappa shape index (κ1) is 13.4. The molecule has 2 saturated heterocycles. The summed E-state index contributed by atoms with van der Waals surface area (Å²) in [7, 11) is 0. The van der Waals surface area contributed by atoms with E-state index in [1.165, 1.54) is 19.3 Å². The van der Waals surface area contributed by atoms with Crippen molar-refractivity contribution in [3.8, 4) is 0 Å². The fraction of sp³-hybridized carbons (Fsp3) is 0.500. The Labute approximate surface area is 130 Å². The summed E-state index contributed by atoms with van der Waals surface area (Å²) >= 11 is 0. The second kappa shape index (κ2) is 5.51. The summed E-state index contributed by atoms with van der Waals surface area (Å²) in [5.74, 6) is 1.71. The number of nitrogens with zero attached hydrogens (tertiary/aromatic N) is 6. The third kappa shape index (κ3) is 2.49. The Morgan fingerprint density at radius 2 is 1.27 bits per heavy atom. The van der Waals surface area contributed by atoms with E-state index < -0.39 is 0 Å². The van der Waals surface area contributed by atoms with E-state index in [1.807, 2.05) is 36.9 Å². The van der Waals surface area contributed by atoms with Gasteiger partial charge in [-0.05, 0) is 31.4 Å². The highest BCUT2D eigenvalue weighted by Gasteiger charge is 2.42. The summed E-state index contributed by atoms with van der Waals surface area (Å²) in [5.41, 5.74) is 0.316. The smallest absolute Gasteiger partial charge is 0.225 e. The summed E-state index contributed by atoms with van der Waals surface area (Å²) in [6.07, 6.45) is 10.9. The van der Waals surface area contributed by atoms with Crippen LogP contribution in [-0.4, -0.2) is 46.1 Å². The van der Waals surface area contributed by atoms with Crippen LogP contribution in [0.4, 0.5) is 11.9 Å². The fourth-order valence-electron chi connectivity index (χ4n) is 3.73. The van der Waals surface area contributed by atoms with Gasteiger partial charge in [0.1, 0.15) is 0 Å². The molecule has 0 radical (unpaired) electrons. The third-order valence-electron chi connectivity index (χ3n) is 4.77. The predicted octanol–water partition coefficient (Wildman–Crippen LogP) is 1.76. The van der Waals surface area contributed by atoms with Crippen molar-refractivity contribution in [1.29, 1.82) is 0 Å². The van der Waals surface area contributed by atoms with Gasteiger partial charge in [0.2, 0.25) is 11.9 Å². The van der Waals surface area contributed by atoms with Gasteiger partial charge in [0, 0.05) is 56.4 Å². The molecule has 0 aliphatic carbocycles. The molecule has 2 aromatic rings. The zero-order valence-electron chi connectivity index (χ0n) is 12.6. The molecule has 0 unspecified atom stereocenters. The Morgan fingerprint density at radius 3 is 1.86 bits per heavy atom. The van der Waals surface area contributed by atoms with E-state index in [-0.39, 0.29) is 0 Å². The zero-order chi connectivity index (χ0) is 14.8. The van der Waals surface area contributed by atoms with Crippen LogP contribution in [0.5, 0.6) is 0 Å². The molecule has 1 atom stereocenters. The van der Waals surface area contributed by atoms with Crippen LogP contribution in [0.15, 0.2) is 36.9 Å². The Kier molecular flexibility index (Phi) is 3.36. The van der Waals surface area contributed by atoms with Crippen LogP contribution >= 0.6 is 0 Å². The molecule has 0 aromatic carbocycles. The van der Waals surface area contributed by atoms with Crippen LogP contribution < -0.4 is 9.80 Å². The van der Waals surface area contributed by atoms with Crippen LogP contribution in [0.3, 0.4) is 0 Å². The molecule has 2 fully saturated rings.